The Kier molecular flexibility index (Phi) is 3.84. The summed E-state index contributed by atoms with van der Waals surface area (Å²) in [4.78, 5) is -0.00375. The number of fused-ring (bicyclic) bond motifs is 1. The topological polar surface area (TPSA) is 31.6 Å². The maximum atomic E-state index is 5.69. The first-order chi connectivity index (χ1) is 9.24. The largest absolute Gasteiger partial charge is 0.490 e. The zero-order chi connectivity index (χ0) is 13.2. The van der Waals surface area contributed by atoms with Crippen molar-refractivity contribution in [2.24, 2.45) is 0 Å². The van der Waals surface area contributed by atoms with Gasteiger partial charge in [-0.2, -0.15) is 0 Å². The Hall–Kier alpha value is -0.940. The summed E-state index contributed by atoms with van der Waals surface area (Å²) in [6, 6.07) is 9.78. The van der Waals surface area contributed by atoms with Crippen LogP contribution < -0.4 is 9.47 Å². The molecule has 1 atom stereocenters. The molecule has 1 unspecified atom stereocenters. The lowest BCUT2D eigenvalue weighted by Gasteiger charge is -2.12. The molecule has 0 aliphatic carbocycles. The fourth-order valence-electron chi connectivity index (χ4n) is 1.97. The van der Waals surface area contributed by atoms with Gasteiger partial charge < -0.3 is 13.9 Å². The molecule has 0 spiro atoms. The van der Waals surface area contributed by atoms with E-state index < -0.39 is 0 Å². The zero-order valence-corrected chi connectivity index (χ0v) is 13.2. The summed E-state index contributed by atoms with van der Waals surface area (Å²) >= 11 is 6.96. The number of furan rings is 1. The molecule has 0 N–H and O–H groups in total. The van der Waals surface area contributed by atoms with E-state index in [1.54, 1.807) is 0 Å². The molecule has 1 aliphatic heterocycles. The van der Waals surface area contributed by atoms with E-state index in [4.69, 9.17) is 13.9 Å². The maximum Gasteiger partial charge on any atom is 0.169 e. The number of ether oxygens (including phenoxy) is 2. The van der Waals surface area contributed by atoms with Gasteiger partial charge >= 0.3 is 0 Å². The predicted octanol–water partition coefficient (Wildman–Crippen LogP) is 4.69. The first-order valence-corrected chi connectivity index (χ1v) is 7.74. The van der Waals surface area contributed by atoms with Gasteiger partial charge in [-0.25, -0.2) is 0 Å². The third-order valence-electron chi connectivity index (χ3n) is 2.91. The van der Waals surface area contributed by atoms with Crippen LogP contribution in [0.5, 0.6) is 11.5 Å². The van der Waals surface area contributed by atoms with Crippen LogP contribution in [0.3, 0.4) is 0 Å². The van der Waals surface area contributed by atoms with Crippen LogP contribution in [0, 0.1) is 0 Å². The molecule has 0 radical (unpaired) electrons. The minimum atomic E-state index is -0.00375. The molecule has 0 bridgehead atoms. The summed E-state index contributed by atoms with van der Waals surface area (Å²) in [6.45, 7) is 1.39. The summed E-state index contributed by atoms with van der Waals surface area (Å²) < 4.78 is 17.6. The molecule has 1 aliphatic rings. The molecule has 1 aromatic heterocycles. The van der Waals surface area contributed by atoms with Crippen LogP contribution >= 0.6 is 31.9 Å². The van der Waals surface area contributed by atoms with Crippen LogP contribution in [-0.2, 0) is 0 Å². The van der Waals surface area contributed by atoms with Crippen molar-refractivity contribution in [3.8, 4) is 11.5 Å². The molecular formula is C14H12Br2O3. The molecule has 3 nitrogen and oxygen atoms in total. The molecule has 0 fully saturated rings. The van der Waals surface area contributed by atoms with Crippen LogP contribution in [0.4, 0.5) is 0 Å². The summed E-state index contributed by atoms with van der Waals surface area (Å²) in [5.41, 5.74) is 1.08. The average Bonchev–Trinajstić information content (AvgIpc) is 2.72. The van der Waals surface area contributed by atoms with Crippen LogP contribution in [0.25, 0.3) is 0 Å². The van der Waals surface area contributed by atoms with Crippen LogP contribution in [-0.4, -0.2) is 13.2 Å². The van der Waals surface area contributed by atoms with E-state index in [-0.39, 0.29) is 4.83 Å². The summed E-state index contributed by atoms with van der Waals surface area (Å²) in [6.07, 6.45) is 0.910. The highest BCUT2D eigenvalue weighted by Crippen LogP contribution is 2.38. The molecule has 5 heteroatoms. The number of alkyl halides is 1. The lowest BCUT2D eigenvalue weighted by atomic mass is 10.1. The molecule has 0 amide bonds. The Morgan fingerprint density at radius 3 is 2.53 bits per heavy atom. The van der Waals surface area contributed by atoms with Crippen molar-refractivity contribution in [3.05, 3.63) is 46.3 Å². The summed E-state index contributed by atoms with van der Waals surface area (Å²) in [5.74, 6) is 2.45. The van der Waals surface area contributed by atoms with Crippen molar-refractivity contribution < 1.29 is 13.9 Å². The number of halogens is 2. The van der Waals surface area contributed by atoms with Gasteiger partial charge in [0.2, 0.25) is 0 Å². The molecule has 19 heavy (non-hydrogen) atoms. The average molecular weight is 388 g/mol. The van der Waals surface area contributed by atoms with Gasteiger partial charge in [-0.15, -0.1) is 0 Å². The van der Waals surface area contributed by atoms with E-state index in [1.165, 1.54) is 0 Å². The highest BCUT2D eigenvalue weighted by Gasteiger charge is 2.18. The summed E-state index contributed by atoms with van der Waals surface area (Å²) in [7, 11) is 0. The van der Waals surface area contributed by atoms with Gasteiger partial charge in [0.05, 0.1) is 18.0 Å². The van der Waals surface area contributed by atoms with Crippen LogP contribution in [0.15, 0.2) is 39.4 Å². The minimum absolute atomic E-state index is 0.00375. The Morgan fingerprint density at radius 1 is 1.00 bits per heavy atom. The molecule has 0 saturated heterocycles. The van der Waals surface area contributed by atoms with Crippen molar-refractivity contribution in [2.45, 2.75) is 11.2 Å². The second-order valence-corrected chi connectivity index (χ2v) is 5.96. The standard InChI is InChI=1S/C14H12Br2O3/c15-13-5-4-11(19-13)14(16)9-2-3-10-12(8-9)18-7-1-6-17-10/h2-5,8,14H,1,6-7H2. The van der Waals surface area contributed by atoms with Gasteiger partial charge in [0.15, 0.2) is 16.2 Å². The number of benzene rings is 1. The summed E-state index contributed by atoms with van der Waals surface area (Å²) in [5, 5.41) is 0. The van der Waals surface area contributed by atoms with Gasteiger partial charge in [-0.3, -0.25) is 0 Å². The lowest BCUT2D eigenvalue weighted by molar-refractivity contribution is 0.297. The van der Waals surface area contributed by atoms with E-state index in [0.717, 1.165) is 33.9 Å². The highest BCUT2D eigenvalue weighted by molar-refractivity contribution is 9.10. The minimum Gasteiger partial charge on any atom is -0.490 e. The molecule has 3 rings (SSSR count). The zero-order valence-electron chi connectivity index (χ0n) is 10.1. The molecule has 1 aromatic carbocycles. The van der Waals surface area contributed by atoms with E-state index in [0.29, 0.717) is 13.2 Å². The van der Waals surface area contributed by atoms with Crippen LogP contribution in [0.1, 0.15) is 22.6 Å². The second-order valence-electron chi connectivity index (χ2n) is 4.26. The molecular weight excluding hydrogens is 376 g/mol. The fourth-order valence-corrected chi connectivity index (χ4v) is 2.82. The molecule has 100 valence electrons. The van der Waals surface area contributed by atoms with E-state index >= 15 is 0 Å². The van der Waals surface area contributed by atoms with E-state index in [1.807, 2.05) is 30.3 Å². The monoisotopic (exact) mass is 386 g/mol. The first kappa shape index (κ1) is 13.1. The number of hydrogen-bond acceptors (Lipinski definition) is 3. The Morgan fingerprint density at radius 2 is 1.79 bits per heavy atom. The first-order valence-electron chi connectivity index (χ1n) is 6.03. The van der Waals surface area contributed by atoms with Crippen molar-refractivity contribution in [1.29, 1.82) is 0 Å². The lowest BCUT2D eigenvalue weighted by Crippen LogP contribution is -1.97. The highest BCUT2D eigenvalue weighted by atomic mass is 79.9. The Balaban J connectivity index is 1.91. The third kappa shape index (κ3) is 2.82. The SMILES string of the molecule is Brc1ccc(C(Br)c2ccc3c(c2)OCCCO3)o1. The van der Waals surface area contributed by atoms with Crippen molar-refractivity contribution >= 4 is 31.9 Å². The smallest absolute Gasteiger partial charge is 0.169 e. The molecule has 2 aromatic rings. The number of hydrogen-bond donors (Lipinski definition) is 0. The third-order valence-corrected chi connectivity index (χ3v) is 4.31. The van der Waals surface area contributed by atoms with E-state index in [2.05, 4.69) is 31.9 Å². The normalized spacial score (nSPS) is 15.9. The predicted molar refractivity (Wildman–Crippen MR) is 79.2 cm³/mol. The fraction of sp³-hybridized carbons (Fsp3) is 0.286. The maximum absolute atomic E-state index is 5.69. The van der Waals surface area contributed by atoms with Crippen molar-refractivity contribution in [1.82, 2.24) is 0 Å². The van der Waals surface area contributed by atoms with Gasteiger partial charge in [0, 0.05) is 6.42 Å². The van der Waals surface area contributed by atoms with Gasteiger partial charge in [-0.1, -0.05) is 22.0 Å². The van der Waals surface area contributed by atoms with Gasteiger partial charge in [-0.05, 0) is 45.8 Å². The van der Waals surface area contributed by atoms with Gasteiger partial charge in [0.1, 0.15) is 5.76 Å². The quantitative estimate of drug-likeness (QED) is 0.700. The molecule has 2 heterocycles. The van der Waals surface area contributed by atoms with Crippen LogP contribution in [0.2, 0.25) is 0 Å². The Labute approximate surface area is 128 Å². The number of rotatable bonds is 2. The van der Waals surface area contributed by atoms with Gasteiger partial charge in [0.25, 0.3) is 0 Å². The Bertz CT molecular complexity index is 580. The second kappa shape index (κ2) is 5.59. The molecule has 0 saturated carbocycles. The van der Waals surface area contributed by atoms with Crippen molar-refractivity contribution in [2.75, 3.05) is 13.2 Å². The van der Waals surface area contributed by atoms with Crippen molar-refractivity contribution in [3.63, 3.8) is 0 Å². The van der Waals surface area contributed by atoms with E-state index in [9.17, 15) is 0 Å².